The summed E-state index contributed by atoms with van der Waals surface area (Å²) < 4.78 is 0. The van der Waals surface area contributed by atoms with Crippen LogP contribution in [0.4, 0.5) is 10.3 Å². The Morgan fingerprint density at radius 3 is 2.70 bits per heavy atom. The van der Waals surface area contributed by atoms with Crippen LogP contribution < -0.4 is 15.1 Å². The highest BCUT2D eigenvalue weighted by atomic mass is 32.1. The molecule has 27 heavy (non-hydrogen) atoms. The molecule has 1 aromatic carbocycles. The zero-order chi connectivity index (χ0) is 18.8. The van der Waals surface area contributed by atoms with Gasteiger partial charge in [0.2, 0.25) is 22.1 Å². The van der Waals surface area contributed by atoms with Crippen molar-refractivity contribution in [3.05, 3.63) is 35.9 Å². The van der Waals surface area contributed by atoms with Gasteiger partial charge in [-0.15, -0.1) is 10.2 Å². The van der Waals surface area contributed by atoms with E-state index in [0.717, 1.165) is 36.5 Å². The van der Waals surface area contributed by atoms with E-state index in [0.29, 0.717) is 18.1 Å². The highest BCUT2D eigenvalue weighted by Gasteiger charge is 2.34. The Morgan fingerprint density at radius 1 is 1.19 bits per heavy atom. The number of amides is 2. The van der Waals surface area contributed by atoms with E-state index in [9.17, 15) is 9.59 Å². The van der Waals surface area contributed by atoms with Crippen molar-refractivity contribution in [3.63, 3.8) is 0 Å². The molecule has 2 aliphatic heterocycles. The second-order valence-corrected chi connectivity index (χ2v) is 7.94. The Morgan fingerprint density at radius 2 is 1.96 bits per heavy atom. The summed E-state index contributed by atoms with van der Waals surface area (Å²) in [5.41, 5.74) is 1.08. The van der Waals surface area contributed by atoms with Crippen LogP contribution in [-0.2, 0) is 9.59 Å². The molecule has 142 valence electrons. The molecule has 3 heterocycles. The summed E-state index contributed by atoms with van der Waals surface area (Å²) >= 11 is 1.40. The van der Waals surface area contributed by atoms with Crippen LogP contribution in [0, 0.1) is 0 Å². The number of carbonyl (C=O) groups excluding carboxylic acids is 2. The fraction of sp³-hybridized carbons (Fsp3) is 0.474. The van der Waals surface area contributed by atoms with Gasteiger partial charge in [0.15, 0.2) is 0 Å². The number of nitrogens with zero attached hydrogens (tertiary/aromatic N) is 4. The summed E-state index contributed by atoms with van der Waals surface area (Å²) in [6.07, 6.45) is 3.17. The van der Waals surface area contributed by atoms with Crippen molar-refractivity contribution < 1.29 is 9.59 Å². The Kier molecular flexibility index (Phi) is 5.07. The average molecular weight is 385 g/mol. The van der Waals surface area contributed by atoms with Gasteiger partial charge in [0.25, 0.3) is 0 Å². The first-order valence-electron chi connectivity index (χ1n) is 9.39. The Hall–Kier alpha value is -2.48. The maximum absolute atomic E-state index is 12.9. The van der Waals surface area contributed by atoms with E-state index in [-0.39, 0.29) is 23.9 Å². The molecule has 8 heteroatoms. The molecule has 0 saturated carbocycles. The zero-order valence-electron chi connectivity index (χ0n) is 15.3. The van der Waals surface area contributed by atoms with Crippen LogP contribution in [0.5, 0.6) is 0 Å². The average Bonchev–Trinajstić information content (AvgIpc) is 3.41. The van der Waals surface area contributed by atoms with E-state index in [1.54, 1.807) is 4.90 Å². The van der Waals surface area contributed by atoms with Gasteiger partial charge in [-0.3, -0.25) is 14.5 Å². The van der Waals surface area contributed by atoms with Gasteiger partial charge in [0.1, 0.15) is 6.04 Å². The molecule has 0 unspecified atom stereocenters. The number of hydrogen-bond acceptors (Lipinski definition) is 6. The lowest BCUT2D eigenvalue weighted by atomic mass is 10.1. The van der Waals surface area contributed by atoms with Crippen LogP contribution in [0.25, 0.3) is 0 Å². The molecular weight excluding hydrogens is 362 g/mol. The van der Waals surface area contributed by atoms with Gasteiger partial charge in [-0.05, 0) is 31.7 Å². The van der Waals surface area contributed by atoms with Crippen molar-refractivity contribution in [2.24, 2.45) is 0 Å². The molecule has 2 amide bonds. The topological polar surface area (TPSA) is 78.4 Å². The molecule has 1 N–H and O–H groups in total. The number of carbonyl (C=O) groups is 2. The minimum absolute atomic E-state index is 0.0119. The van der Waals surface area contributed by atoms with Crippen LogP contribution in [0.3, 0.4) is 0 Å². The van der Waals surface area contributed by atoms with Crippen molar-refractivity contribution in [2.45, 2.75) is 44.7 Å². The predicted octanol–water partition coefficient (Wildman–Crippen LogP) is 2.51. The first-order chi connectivity index (χ1) is 13.1. The smallest absolute Gasteiger partial charge is 0.243 e. The van der Waals surface area contributed by atoms with E-state index in [4.69, 9.17) is 0 Å². The number of hydrogen-bond donors (Lipinski definition) is 1. The van der Waals surface area contributed by atoms with Gasteiger partial charge < -0.3 is 10.2 Å². The summed E-state index contributed by atoms with van der Waals surface area (Å²) in [5.74, 6) is 0.114. The molecule has 7 nitrogen and oxygen atoms in total. The van der Waals surface area contributed by atoms with Crippen molar-refractivity contribution >= 4 is 33.4 Å². The fourth-order valence-corrected chi connectivity index (χ4v) is 4.65. The van der Waals surface area contributed by atoms with Crippen LogP contribution in [0.1, 0.15) is 44.2 Å². The van der Waals surface area contributed by atoms with E-state index >= 15 is 0 Å². The third-order valence-electron chi connectivity index (χ3n) is 5.17. The number of nitrogens with one attached hydrogen (secondary N) is 1. The molecule has 2 aromatic rings. The molecule has 0 aliphatic carbocycles. The van der Waals surface area contributed by atoms with E-state index < -0.39 is 0 Å². The van der Waals surface area contributed by atoms with Crippen LogP contribution in [0.15, 0.2) is 30.3 Å². The third-order valence-corrected chi connectivity index (χ3v) is 6.15. The highest BCUT2D eigenvalue weighted by Crippen LogP contribution is 2.33. The summed E-state index contributed by atoms with van der Waals surface area (Å²) in [6.45, 7) is 3.47. The quantitative estimate of drug-likeness (QED) is 0.856. The second-order valence-electron chi connectivity index (χ2n) is 7.01. The Labute approximate surface area is 162 Å². The summed E-state index contributed by atoms with van der Waals surface area (Å²) in [6, 6.07) is 9.65. The van der Waals surface area contributed by atoms with Gasteiger partial charge in [0, 0.05) is 19.5 Å². The van der Waals surface area contributed by atoms with Gasteiger partial charge >= 0.3 is 0 Å². The summed E-state index contributed by atoms with van der Waals surface area (Å²) in [5, 5.41) is 12.9. The maximum Gasteiger partial charge on any atom is 0.243 e. The summed E-state index contributed by atoms with van der Waals surface area (Å²) in [7, 11) is 0. The van der Waals surface area contributed by atoms with E-state index in [1.165, 1.54) is 11.3 Å². The van der Waals surface area contributed by atoms with Gasteiger partial charge in [0.05, 0.1) is 6.04 Å². The van der Waals surface area contributed by atoms with Gasteiger partial charge in [-0.1, -0.05) is 41.7 Å². The number of rotatable bonds is 5. The molecule has 0 spiro atoms. The van der Waals surface area contributed by atoms with Gasteiger partial charge in [-0.25, -0.2) is 0 Å². The molecule has 1 aromatic heterocycles. The van der Waals surface area contributed by atoms with Crippen LogP contribution in [-0.4, -0.2) is 41.1 Å². The van der Waals surface area contributed by atoms with Crippen LogP contribution in [0.2, 0.25) is 0 Å². The lowest BCUT2D eigenvalue weighted by Gasteiger charge is -2.24. The minimum Gasteiger partial charge on any atom is -0.348 e. The number of benzene rings is 1. The fourth-order valence-electron chi connectivity index (χ4n) is 3.69. The molecule has 2 fully saturated rings. The van der Waals surface area contributed by atoms with Crippen molar-refractivity contribution in [3.8, 4) is 0 Å². The normalized spacial score (nSPS) is 20.9. The van der Waals surface area contributed by atoms with Crippen molar-refractivity contribution in [2.75, 3.05) is 22.9 Å². The van der Waals surface area contributed by atoms with Gasteiger partial charge in [-0.2, -0.15) is 0 Å². The standard InChI is InChI=1S/C19H23N5O2S/c1-13(14-7-3-2-4-8-14)20-17(26)15-9-5-11-23(15)18-21-22-19(27-18)24-12-6-10-16(24)25/h2-4,7-8,13,15H,5-6,9-12H2,1H3,(H,20,26)/t13-,15-/m0/s1. The SMILES string of the molecule is C[C@H](NC(=O)[C@@H]1CCCN1c1nnc(N2CCCC2=O)s1)c1ccccc1. The van der Waals surface area contributed by atoms with E-state index in [2.05, 4.69) is 15.5 Å². The predicted molar refractivity (Wildman–Crippen MR) is 105 cm³/mol. The largest absolute Gasteiger partial charge is 0.348 e. The zero-order valence-corrected chi connectivity index (χ0v) is 16.1. The summed E-state index contributed by atoms with van der Waals surface area (Å²) in [4.78, 5) is 28.5. The molecule has 4 rings (SSSR count). The first kappa shape index (κ1) is 17.9. The molecule has 0 bridgehead atoms. The van der Waals surface area contributed by atoms with E-state index in [1.807, 2.05) is 42.2 Å². The Balaban J connectivity index is 1.45. The molecule has 0 radical (unpaired) electrons. The maximum atomic E-state index is 12.9. The first-order valence-corrected chi connectivity index (χ1v) is 10.2. The molecular formula is C19H23N5O2S. The molecule has 2 saturated heterocycles. The van der Waals surface area contributed by atoms with Crippen molar-refractivity contribution in [1.82, 2.24) is 15.5 Å². The molecule has 2 aliphatic rings. The minimum atomic E-state index is -0.244. The lowest BCUT2D eigenvalue weighted by molar-refractivity contribution is -0.122. The Bertz CT molecular complexity index is 825. The second kappa shape index (κ2) is 7.64. The number of anilines is 2. The van der Waals surface area contributed by atoms with Crippen molar-refractivity contribution in [1.29, 1.82) is 0 Å². The third kappa shape index (κ3) is 3.66. The number of aromatic nitrogens is 2. The van der Waals surface area contributed by atoms with Crippen LogP contribution >= 0.6 is 11.3 Å². The highest BCUT2D eigenvalue weighted by molar-refractivity contribution is 7.19. The lowest BCUT2D eigenvalue weighted by Crippen LogP contribution is -2.44. The monoisotopic (exact) mass is 385 g/mol. The molecule has 2 atom stereocenters.